The molecule has 1 aliphatic rings. The fraction of sp³-hybridized carbons (Fsp3) is 0.636. The van der Waals surface area contributed by atoms with Gasteiger partial charge < -0.3 is 9.64 Å². The summed E-state index contributed by atoms with van der Waals surface area (Å²) in [4.78, 5) is 2.25. The standard InChI is InChI=1S/C11H16ClN3O/c1-3-9-7-16-8(2)6-15(9)11-5-4-10(12)13-14-11/h4-5,8-9H,3,6-7H2,1-2H3. The van der Waals surface area contributed by atoms with E-state index >= 15 is 0 Å². The first-order valence-electron chi connectivity index (χ1n) is 5.58. The highest BCUT2D eigenvalue weighted by molar-refractivity contribution is 6.29. The highest BCUT2D eigenvalue weighted by atomic mass is 35.5. The molecule has 0 spiro atoms. The van der Waals surface area contributed by atoms with Crippen molar-refractivity contribution < 1.29 is 4.74 Å². The van der Waals surface area contributed by atoms with Gasteiger partial charge >= 0.3 is 0 Å². The lowest BCUT2D eigenvalue weighted by atomic mass is 10.1. The summed E-state index contributed by atoms with van der Waals surface area (Å²) in [5, 5.41) is 8.43. The van der Waals surface area contributed by atoms with Crippen molar-refractivity contribution in [1.29, 1.82) is 0 Å². The fourth-order valence-electron chi connectivity index (χ4n) is 1.93. The first-order valence-corrected chi connectivity index (χ1v) is 5.96. The van der Waals surface area contributed by atoms with Gasteiger partial charge in [-0.25, -0.2) is 0 Å². The van der Waals surface area contributed by atoms with Gasteiger partial charge in [0.05, 0.1) is 18.8 Å². The molecule has 2 atom stereocenters. The molecule has 5 heteroatoms. The van der Waals surface area contributed by atoms with Crippen LogP contribution < -0.4 is 4.90 Å². The summed E-state index contributed by atoms with van der Waals surface area (Å²) in [7, 11) is 0. The van der Waals surface area contributed by atoms with E-state index in [1.807, 2.05) is 6.07 Å². The topological polar surface area (TPSA) is 38.2 Å². The maximum atomic E-state index is 5.73. The van der Waals surface area contributed by atoms with Gasteiger partial charge in [-0.1, -0.05) is 18.5 Å². The lowest BCUT2D eigenvalue weighted by Gasteiger charge is -2.38. The molecule has 0 amide bonds. The van der Waals surface area contributed by atoms with E-state index in [2.05, 4.69) is 28.9 Å². The fourth-order valence-corrected chi connectivity index (χ4v) is 2.03. The third kappa shape index (κ3) is 2.44. The van der Waals surface area contributed by atoms with Gasteiger partial charge in [0.25, 0.3) is 0 Å². The second kappa shape index (κ2) is 4.97. The largest absolute Gasteiger partial charge is 0.375 e. The number of hydrogen-bond donors (Lipinski definition) is 0. The number of halogens is 1. The maximum absolute atomic E-state index is 5.73. The van der Waals surface area contributed by atoms with E-state index in [4.69, 9.17) is 16.3 Å². The van der Waals surface area contributed by atoms with Gasteiger partial charge in [-0.15, -0.1) is 10.2 Å². The first-order chi connectivity index (χ1) is 7.70. The van der Waals surface area contributed by atoms with E-state index in [0.29, 0.717) is 11.2 Å². The Morgan fingerprint density at radius 2 is 2.31 bits per heavy atom. The van der Waals surface area contributed by atoms with Crippen LogP contribution in [0.25, 0.3) is 0 Å². The number of morpholine rings is 1. The Kier molecular flexibility index (Phi) is 3.61. The van der Waals surface area contributed by atoms with E-state index in [-0.39, 0.29) is 6.10 Å². The second-order valence-corrected chi connectivity index (χ2v) is 4.46. The molecule has 0 saturated carbocycles. The van der Waals surface area contributed by atoms with Gasteiger partial charge in [0.15, 0.2) is 11.0 Å². The highest BCUT2D eigenvalue weighted by Gasteiger charge is 2.26. The Balaban J connectivity index is 2.18. The van der Waals surface area contributed by atoms with Crippen LogP contribution in [-0.4, -0.2) is 35.5 Å². The zero-order valence-electron chi connectivity index (χ0n) is 9.56. The van der Waals surface area contributed by atoms with E-state index < -0.39 is 0 Å². The molecule has 88 valence electrons. The highest BCUT2D eigenvalue weighted by Crippen LogP contribution is 2.21. The van der Waals surface area contributed by atoms with Crippen LogP contribution >= 0.6 is 11.6 Å². The van der Waals surface area contributed by atoms with Crippen LogP contribution in [0.2, 0.25) is 5.15 Å². The minimum Gasteiger partial charge on any atom is -0.375 e. The molecule has 4 nitrogen and oxygen atoms in total. The number of rotatable bonds is 2. The molecular weight excluding hydrogens is 226 g/mol. The number of nitrogens with zero attached hydrogens (tertiary/aromatic N) is 3. The normalized spacial score (nSPS) is 25.8. The number of hydrogen-bond acceptors (Lipinski definition) is 4. The van der Waals surface area contributed by atoms with Crippen molar-refractivity contribution >= 4 is 17.4 Å². The molecule has 2 rings (SSSR count). The number of anilines is 1. The summed E-state index contributed by atoms with van der Waals surface area (Å²) >= 11 is 5.73. The summed E-state index contributed by atoms with van der Waals surface area (Å²) in [6.45, 7) is 5.83. The molecule has 0 radical (unpaired) electrons. The molecule has 0 aromatic carbocycles. The molecule has 1 fully saturated rings. The van der Waals surface area contributed by atoms with Crippen molar-refractivity contribution in [3.63, 3.8) is 0 Å². The summed E-state index contributed by atoms with van der Waals surface area (Å²) in [6.07, 6.45) is 1.28. The predicted octanol–water partition coefficient (Wildman–Crippen LogP) is 2.13. The monoisotopic (exact) mass is 241 g/mol. The Bertz CT molecular complexity index is 344. The SMILES string of the molecule is CCC1COC(C)CN1c1ccc(Cl)nn1. The molecule has 0 bridgehead atoms. The molecule has 0 N–H and O–H groups in total. The number of ether oxygens (including phenoxy) is 1. The summed E-state index contributed by atoms with van der Waals surface area (Å²) in [5.74, 6) is 0.881. The molecular formula is C11H16ClN3O. The van der Waals surface area contributed by atoms with Crippen molar-refractivity contribution in [3.8, 4) is 0 Å². The lowest BCUT2D eigenvalue weighted by Crippen LogP contribution is -2.49. The van der Waals surface area contributed by atoms with Crippen molar-refractivity contribution in [2.24, 2.45) is 0 Å². The minimum absolute atomic E-state index is 0.236. The van der Waals surface area contributed by atoms with Gasteiger partial charge in [0, 0.05) is 6.54 Å². The molecule has 1 aliphatic heterocycles. The molecule has 2 heterocycles. The Labute approximate surface area is 101 Å². The summed E-state index contributed by atoms with van der Waals surface area (Å²) in [5.41, 5.74) is 0. The smallest absolute Gasteiger partial charge is 0.151 e. The van der Waals surface area contributed by atoms with Gasteiger partial charge in [-0.2, -0.15) is 0 Å². The number of aromatic nitrogens is 2. The van der Waals surface area contributed by atoms with Crippen LogP contribution in [0.1, 0.15) is 20.3 Å². The van der Waals surface area contributed by atoms with Gasteiger partial charge in [-0.05, 0) is 25.5 Å². The minimum atomic E-state index is 0.236. The quantitative estimate of drug-likeness (QED) is 0.795. The van der Waals surface area contributed by atoms with Crippen molar-refractivity contribution in [2.45, 2.75) is 32.4 Å². The Hall–Kier alpha value is -0.870. The maximum Gasteiger partial charge on any atom is 0.151 e. The first kappa shape index (κ1) is 11.6. The summed E-state index contributed by atoms with van der Waals surface area (Å²) < 4.78 is 5.64. The molecule has 0 aliphatic carbocycles. The zero-order valence-corrected chi connectivity index (χ0v) is 10.3. The van der Waals surface area contributed by atoms with E-state index in [1.165, 1.54) is 0 Å². The third-order valence-corrected chi connectivity index (χ3v) is 3.05. The molecule has 1 aromatic heterocycles. The van der Waals surface area contributed by atoms with Crippen LogP contribution in [0.15, 0.2) is 12.1 Å². The van der Waals surface area contributed by atoms with Crippen LogP contribution in [0.4, 0.5) is 5.82 Å². The zero-order chi connectivity index (χ0) is 11.5. The van der Waals surface area contributed by atoms with E-state index in [1.54, 1.807) is 6.07 Å². The van der Waals surface area contributed by atoms with Crippen molar-refractivity contribution in [3.05, 3.63) is 17.3 Å². The van der Waals surface area contributed by atoms with E-state index in [0.717, 1.165) is 25.4 Å². The van der Waals surface area contributed by atoms with E-state index in [9.17, 15) is 0 Å². The second-order valence-electron chi connectivity index (χ2n) is 4.07. The Morgan fingerprint density at radius 3 is 2.94 bits per heavy atom. The van der Waals surface area contributed by atoms with Gasteiger partial charge in [-0.3, -0.25) is 0 Å². The van der Waals surface area contributed by atoms with Crippen LogP contribution in [0.5, 0.6) is 0 Å². The Morgan fingerprint density at radius 1 is 1.50 bits per heavy atom. The van der Waals surface area contributed by atoms with Gasteiger partial charge in [0.1, 0.15) is 0 Å². The van der Waals surface area contributed by atoms with Crippen molar-refractivity contribution in [1.82, 2.24) is 10.2 Å². The van der Waals surface area contributed by atoms with Gasteiger partial charge in [0.2, 0.25) is 0 Å². The average molecular weight is 242 g/mol. The van der Waals surface area contributed by atoms with Crippen LogP contribution in [0.3, 0.4) is 0 Å². The molecule has 1 saturated heterocycles. The molecule has 16 heavy (non-hydrogen) atoms. The lowest BCUT2D eigenvalue weighted by molar-refractivity contribution is 0.0295. The molecule has 2 unspecified atom stereocenters. The predicted molar refractivity (Wildman–Crippen MR) is 63.9 cm³/mol. The molecule has 1 aromatic rings. The third-order valence-electron chi connectivity index (χ3n) is 2.85. The average Bonchev–Trinajstić information content (AvgIpc) is 2.30. The van der Waals surface area contributed by atoms with Crippen LogP contribution in [-0.2, 0) is 4.74 Å². The van der Waals surface area contributed by atoms with Crippen molar-refractivity contribution in [2.75, 3.05) is 18.1 Å². The van der Waals surface area contributed by atoms with Crippen LogP contribution in [0, 0.1) is 0 Å². The summed E-state index contributed by atoms with van der Waals surface area (Å²) in [6, 6.07) is 4.07.